The van der Waals surface area contributed by atoms with Gasteiger partial charge in [-0.1, -0.05) is 24.9 Å². The molecule has 0 atom stereocenters. The van der Waals surface area contributed by atoms with Gasteiger partial charge in [0, 0.05) is 6.20 Å². The van der Waals surface area contributed by atoms with Gasteiger partial charge >= 0.3 is 0 Å². The highest BCUT2D eigenvalue weighted by molar-refractivity contribution is 8.18. The van der Waals surface area contributed by atoms with Gasteiger partial charge in [-0.05, 0) is 24.1 Å². The zero-order valence-electron chi connectivity index (χ0n) is 8.44. The fraction of sp³-hybridized carbons (Fsp3) is 0. The predicted molar refractivity (Wildman–Crippen MR) is 85.5 cm³/mol. The Morgan fingerprint density at radius 3 is 2.53 bits per heavy atom. The number of hydrogen-bond acceptors (Lipinski definition) is 8. The lowest BCUT2D eigenvalue weighted by Crippen LogP contribution is -2.10. The van der Waals surface area contributed by atoms with Crippen LogP contribution < -0.4 is 5.43 Å². The van der Waals surface area contributed by atoms with E-state index >= 15 is 0 Å². The first-order valence-electron chi connectivity index (χ1n) is 4.52. The van der Waals surface area contributed by atoms with Gasteiger partial charge in [-0.25, -0.2) is 4.98 Å². The molecule has 0 aliphatic carbocycles. The van der Waals surface area contributed by atoms with Gasteiger partial charge in [-0.3, -0.25) is 0 Å². The molecule has 3 nitrogen and oxygen atoms in total. The van der Waals surface area contributed by atoms with E-state index in [0.717, 1.165) is 14.1 Å². The molecule has 0 saturated carbocycles. The van der Waals surface area contributed by atoms with Crippen molar-refractivity contribution < 1.29 is 0 Å². The van der Waals surface area contributed by atoms with E-state index in [1.807, 2.05) is 24.3 Å². The highest BCUT2D eigenvalue weighted by atomic mass is 32.2. The van der Waals surface area contributed by atoms with Gasteiger partial charge in [0.15, 0.2) is 0 Å². The summed E-state index contributed by atoms with van der Waals surface area (Å²) in [5.41, 5.74) is 3.83. The van der Waals surface area contributed by atoms with Crippen LogP contribution in [0.25, 0.3) is 10.2 Å². The molecule has 1 N–H and O–H groups in total. The quantitative estimate of drug-likeness (QED) is 0.441. The van der Waals surface area contributed by atoms with Crippen molar-refractivity contribution in [3.05, 3.63) is 34.7 Å². The SMILES string of the molecule is SC1=CNN(S)S1.Sc1nc2ccccc2s1. The monoisotopic (exact) mass is 319 g/mol. The number of thiol groups is 3. The summed E-state index contributed by atoms with van der Waals surface area (Å²) in [6, 6.07) is 8.03. The maximum atomic E-state index is 4.20. The van der Waals surface area contributed by atoms with E-state index in [1.54, 1.807) is 21.4 Å². The second kappa shape index (κ2) is 6.26. The normalized spacial score (nSPS) is 15.1. The highest BCUT2D eigenvalue weighted by Crippen LogP contribution is 2.27. The largest absolute Gasteiger partial charge is 0.305 e. The standard InChI is InChI=1S/C7H5NS2.C2H4N2S3/c9-7-8-5-3-1-2-4-6(5)10-7;5-2-1-3-4(6)7-2/h1-4H,(H,8,9);1,3,5-6H. The van der Waals surface area contributed by atoms with E-state index in [1.165, 1.54) is 16.6 Å². The number of benzene rings is 1. The molecule has 2 heterocycles. The third-order valence-electron chi connectivity index (χ3n) is 1.76. The Balaban J connectivity index is 0.000000136. The van der Waals surface area contributed by atoms with E-state index < -0.39 is 0 Å². The Morgan fingerprint density at radius 1 is 1.24 bits per heavy atom. The highest BCUT2D eigenvalue weighted by Gasteiger charge is 2.05. The molecule has 0 spiro atoms. The van der Waals surface area contributed by atoms with Crippen LogP contribution >= 0.6 is 61.4 Å². The summed E-state index contributed by atoms with van der Waals surface area (Å²) >= 11 is 15.1. The zero-order chi connectivity index (χ0) is 12.3. The molecular weight excluding hydrogens is 310 g/mol. The number of para-hydroxylation sites is 1. The first-order valence-corrected chi connectivity index (χ1v) is 7.40. The van der Waals surface area contributed by atoms with E-state index in [4.69, 9.17) is 0 Å². The summed E-state index contributed by atoms with van der Waals surface area (Å²) in [7, 11) is 0. The Morgan fingerprint density at radius 2 is 2.00 bits per heavy atom. The zero-order valence-corrected chi connectivity index (χ0v) is 12.8. The average Bonchev–Trinajstić information content (AvgIpc) is 2.83. The molecule has 3 rings (SSSR count). The van der Waals surface area contributed by atoms with Gasteiger partial charge in [0.2, 0.25) is 0 Å². The van der Waals surface area contributed by atoms with Gasteiger partial charge < -0.3 is 5.43 Å². The average molecular weight is 320 g/mol. The molecule has 8 heteroatoms. The van der Waals surface area contributed by atoms with Crippen molar-refractivity contribution in [1.29, 1.82) is 0 Å². The van der Waals surface area contributed by atoms with Crippen LogP contribution in [0.2, 0.25) is 0 Å². The van der Waals surface area contributed by atoms with Gasteiger partial charge in [0.05, 0.1) is 14.5 Å². The Kier molecular flexibility index (Phi) is 4.95. The summed E-state index contributed by atoms with van der Waals surface area (Å²) in [6.07, 6.45) is 1.76. The van der Waals surface area contributed by atoms with Crippen molar-refractivity contribution in [3.63, 3.8) is 0 Å². The topological polar surface area (TPSA) is 28.2 Å². The number of aromatic nitrogens is 1. The third kappa shape index (κ3) is 4.01. The number of rotatable bonds is 0. The first kappa shape index (κ1) is 13.4. The number of thiazole rings is 1. The molecule has 1 aromatic heterocycles. The second-order valence-corrected chi connectivity index (χ2v) is 7.14. The molecule has 0 radical (unpaired) electrons. The van der Waals surface area contributed by atoms with Gasteiger partial charge in [0.1, 0.15) is 4.34 Å². The minimum absolute atomic E-state index is 0.834. The molecule has 0 saturated heterocycles. The number of nitrogens with one attached hydrogen (secondary N) is 1. The molecule has 90 valence electrons. The molecule has 1 aliphatic heterocycles. The van der Waals surface area contributed by atoms with Crippen molar-refractivity contribution in [1.82, 2.24) is 14.2 Å². The lowest BCUT2D eigenvalue weighted by molar-refractivity contribution is 0.675. The van der Waals surface area contributed by atoms with Crippen molar-refractivity contribution >= 4 is 71.6 Å². The molecule has 1 aromatic carbocycles. The Bertz CT molecular complexity index is 505. The first-order chi connectivity index (χ1) is 8.15. The van der Waals surface area contributed by atoms with Gasteiger partial charge in [-0.2, -0.15) is 0 Å². The summed E-state index contributed by atoms with van der Waals surface area (Å²) in [5, 5.41) is 0. The predicted octanol–water partition coefficient (Wildman–Crippen LogP) is 3.61. The summed E-state index contributed by atoms with van der Waals surface area (Å²) in [5.74, 6) is 0. The van der Waals surface area contributed by atoms with Gasteiger partial charge in [-0.15, -0.1) is 40.4 Å². The summed E-state index contributed by atoms with van der Waals surface area (Å²) in [4.78, 5) is 4.20. The van der Waals surface area contributed by atoms with E-state index in [0.29, 0.717) is 0 Å². The molecule has 0 amide bonds. The summed E-state index contributed by atoms with van der Waals surface area (Å²) in [6.45, 7) is 0. The second-order valence-electron chi connectivity index (χ2n) is 2.94. The van der Waals surface area contributed by atoms with Crippen LogP contribution in [0.3, 0.4) is 0 Å². The Hall–Kier alpha value is 0.01000. The van der Waals surface area contributed by atoms with Gasteiger partial charge in [0.25, 0.3) is 0 Å². The lowest BCUT2D eigenvalue weighted by atomic mass is 10.3. The van der Waals surface area contributed by atoms with E-state index in [-0.39, 0.29) is 0 Å². The van der Waals surface area contributed by atoms with Crippen molar-refractivity contribution in [2.75, 3.05) is 0 Å². The van der Waals surface area contributed by atoms with Crippen LogP contribution in [-0.2, 0) is 0 Å². The molecule has 0 unspecified atom stereocenters. The number of nitrogens with zero attached hydrogens (tertiary/aromatic N) is 2. The third-order valence-corrected chi connectivity index (χ3v) is 4.29. The fourth-order valence-electron chi connectivity index (χ4n) is 1.11. The molecular formula is C9H9N3S5. The van der Waals surface area contributed by atoms with E-state index in [2.05, 4.69) is 48.5 Å². The van der Waals surface area contributed by atoms with Crippen LogP contribution in [0, 0.1) is 0 Å². The van der Waals surface area contributed by atoms with Crippen molar-refractivity contribution in [2.45, 2.75) is 4.34 Å². The maximum Gasteiger partial charge on any atom is 0.148 e. The lowest BCUT2D eigenvalue weighted by Gasteiger charge is -2.01. The molecule has 0 fully saturated rings. The van der Waals surface area contributed by atoms with Crippen LogP contribution in [0.1, 0.15) is 0 Å². The number of fused-ring (bicyclic) bond motifs is 1. The fourth-order valence-corrected chi connectivity index (χ4v) is 3.43. The molecule has 17 heavy (non-hydrogen) atoms. The van der Waals surface area contributed by atoms with Crippen molar-refractivity contribution in [2.24, 2.45) is 0 Å². The Labute approximate surface area is 124 Å². The maximum absolute atomic E-state index is 4.20. The van der Waals surface area contributed by atoms with E-state index in [9.17, 15) is 0 Å². The van der Waals surface area contributed by atoms with Crippen LogP contribution in [-0.4, -0.2) is 8.80 Å². The van der Waals surface area contributed by atoms with Crippen LogP contribution in [0.15, 0.2) is 39.0 Å². The van der Waals surface area contributed by atoms with Crippen molar-refractivity contribution in [3.8, 4) is 0 Å². The smallest absolute Gasteiger partial charge is 0.148 e. The number of hydrogen-bond donors (Lipinski definition) is 4. The number of hydrazine groups is 1. The minimum atomic E-state index is 0.834. The molecule has 0 bridgehead atoms. The van der Waals surface area contributed by atoms with Crippen LogP contribution in [0.5, 0.6) is 0 Å². The minimum Gasteiger partial charge on any atom is -0.305 e. The molecule has 2 aromatic rings. The molecule has 1 aliphatic rings. The van der Waals surface area contributed by atoms with Crippen LogP contribution in [0.4, 0.5) is 0 Å². The summed E-state index contributed by atoms with van der Waals surface area (Å²) < 4.78 is 4.53.